The second-order valence-electron chi connectivity index (χ2n) is 4.30. The van der Waals surface area contributed by atoms with E-state index in [4.69, 9.17) is 4.65 Å². The fraction of sp³-hybridized carbons (Fsp3) is 1.00. The Morgan fingerprint density at radius 1 is 1.08 bits per heavy atom. The minimum absolute atomic E-state index is 0.637. The van der Waals surface area contributed by atoms with Crippen LogP contribution in [0.2, 0.25) is 11.6 Å². The predicted molar refractivity (Wildman–Crippen MR) is 52.6 cm³/mol. The molecule has 2 heteroatoms. The van der Waals surface area contributed by atoms with Crippen molar-refractivity contribution in [1.82, 2.24) is 0 Å². The molecule has 2 aliphatic heterocycles. The zero-order valence-electron chi connectivity index (χ0n) is 8.09. The Labute approximate surface area is 76.0 Å². The van der Waals surface area contributed by atoms with Gasteiger partial charge in [-0.1, -0.05) is 38.5 Å². The first kappa shape index (κ1) is 8.62. The topological polar surface area (TPSA) is 9.23 Å². The first-order chi connectivity index (χ1) is 5.92. The van der Waals surface area contributed by atoms with Crippen molar-refractivity contribution in [1.29, 1.82) is 0 Å². The number of hydrogen-bond acceptors (Lipinski definition) is 1. The molecule has 2 aliphatic rings. The van der Waals surface area contributed by atoms with Crippen LogP contribution in [-0.4, -0.2) is 13.5 Å². The molecule has 2 fully saturated rings. The smallest absolute Gasteiger partial charge is 0.299 e. The third-order valence-electron chi connectivity index (χ3n) is 3.60. The molecule has 0 aromatic rings. The summed E-state index contributed by atoms with van der Waals surface area (Å²) in [6.07, 6.45) is 8.64. The van der Waals surface area contributed by atoms with Gasteiger partial charge < -0.3 is 4.65 Å². The van der Waals surface area contributed by atoms with Crippen molar-refractivity contribution < 1.29 is 4.65 Å². The van der Waals surface area contributed by atoms with Crippen LogP contribution in [0, 0.1) is 0 Å². The SMILES string of the molecule is CCOB1[C@@H]2CCCC[C@H]1CC2. The normalized spacial score (nSPS) is 35.2. The van der Waals surface area contributed by atoms with Crippen LogP contribution < -0.4 is 0 Å². The lowest BCUT2D eigenvalue weighted by molar-refractivity contribution is 0.332. The molecule has 68 valence electrons. The summed E-state index contributed by atoms with van der Waals surface area (Å²) in [5.41, 5.74) is 0. The largest absolute Gasteiger partial charge is 0.436 e. The Kier molecular flexibility index (Phi) is 2.74. The molecule has 0 spiro atoms. The minimum atomic E-state index is 0.637. The number of hydrogen-bond donors (Lipinski definition) is 0. The Bertz CT molecular complexity index is 135. The van der Waals surface area contributed by atoms with E-state index < -0.39 is 0 Å². The lowest BCUT2D eigenvalue weighted by Crippen LogP contribution is -2.23. The van der Waals surface area contributed by atoms with Crippen LogP contribution in [-0.2, 0) is 4.65 Å². The molecule has 2 bridgehead atoms. The van der Waals surface area contributed by atoms with E-state index in [1.807, 2.05) is 0 Å². The van der Waals surface area contributed by atoms with Gasteiger partial charge in [0.2, 0.25) is 0 Å². The van der Waals surface area contributed by atoms with Crippen LogP contribution in [0.25, 0.3) is 0 Å². The standard InChI is InChI=1S/C10H19BO/c1-2-12-11-9-5-3-4-6-10(11)8-7-9/h9-10H,2-8H2,1H3/t9-,10+. The van der Waals surface area contributed by atoms with Crippen LogP contribution in [0.3, 0.4) is 0 Å². The molecule has 0 N–H and O–H groups in total. The Morgan fingerprint density at radius 2 is 1.67 bits per heavy atom. The van der Waals surface area contributed by atoms with E-state index in [9.17, 15) is 0 Å². The van der Waals surface area contributed by atoms with Crippen LogP contribution in [0.1, 0.15) is 45.4 Å². The summed E-state index contributed by atoms with van der Waals surface area (Å²) in [4.78, 5) is 0. The molecule has 0 aromatic heterocycles. The van der Waals surface area contributed by atoms with E-state index in [2.05, 4.69) is 6.92 Å². The molecule has 0 saturated carbocycles. The molecule has 0 aromatic carbocycles. The van der Waals surface area contributed by atoms with E-state index in [1.165, 1.54) is 38.5 Å². The van der Waals surface area contributed by atoms with Gasteiger partial charge in [0.25, 0.3) is 6.92 Å². The zero-order chi connectivity index (χ0) is 8.39. The summed E-state index contributed by atoms with van der Waals surface area (Å²) in [7, 11) is 0. The fourth-order valence-electron chi connectivity index (χ4n) is 3.04. The number of fused-ring (bicyclic) bond motifs is 2. The summed E-state index contributed by atoms with van der Waals surface area (Å²) < 4.78 is 5.85. The van der Waals surface area contributed by atoms with Crippen LogP contribution in [0.5, 0.6) is 0 Å². The van der Waals surface area contributed by atoms with Gasteiger partial charge in [0.05, 0.1) is 0 Å². The molecule has 0 unspecified atom stereocenters. The van der Waals surface area contributed by atoms with Gasteiger partial charge in [-0.05, 0) is 18.6 Å². The van der Waals surface area contributed by atoms with E-state index in [0.717, 1.165) is 18.2 Å². The first-order valence-corrected chi connectivity index (χ1v) is 5.53. The minimum Gasteiger partial charge on any atom is -0.436 e. The van der Waals surface area contributed by atoms with Crippen molar-refractivity contribution in [3.8, 4) is 0 Å². The monoisotopic (exact) mass is 166 g/mol. The van der Waals surface area contributed by atoms with Gasteiger partial charge in [-0.25, -0.2) is 0 Å². The predicted octanol–water partition coefficient (Wildman–Crippen LogP) is 3.12. The summed E-state index contributed by atoms with van der Waals surface area (Å²) in [6, 6.07) is 0. The lowest BCUT2D eigenvalue weighted by Gasteiger charge is -2.17. The van der Waals surface area contributed by atoms with E-state index in [0.29, 0.717) is 6.92 Å². The quantitative estimate of drug-likeness (QED) is 0.572. The van der Waals surface area contributed by atoms with Crippen molar-refractivity contribution in [2.45, 2.75) is 57.1 Å². The maximum atomic E-state index is 5.85. The third-order valence-corrected chi connectivity index (χ3v) is 3.60. The molecule has 12 heavy (non-hydrogen) atoms. The van der Waals surface area contributed by atoms with Crippen LogP contribution in [0.15, 0.2) is 0 Å². The summed E-state index contributed by atoms with van der Waals surface area (Å²) in [6.45, 7) is 3.68. The van der Waals surface area contributed by atoms with Crippen molar-refractivity contribution >= 4 is 6.92 Å². The second-order valence-corrected chi connectivity index (χ2v) is 4.30. The van der Waals surface area contributed by atoms with Crippen molar-refractivity contribution in [2.24, 2.45) is 0 Å². The maximum Gasteiger partial charge on any atom is 0.299 e. The Balaban J connectivity index is 1.99. The zero-order valence-corrected chi connectivity index (χ0v) is 8.09. The van der Waals surface area contributed by atoms with Crippen LogP contribution in [0.4, 0.5) is 0 Å². The summed E-state index contributed by atoms with van der Waals surface area (Å²) in [5, 5.41) is 0. The van der Waals surface area contributed by atoms with Crippen LogP contribution >= 0.6 is 0 Å². The molecular weight excluding hydrogens is 147 g/mol. The van der Waals surface area contributed by atoms with Gasteiger partial charge in [0.1, 0.15) is 0 Å². The van der Waals surface area contributed by atoms with Gasteiger partial charge in [-0.2, -0.15) is 0 Å². The first-order valence-electron chi connectivity index (χ1n) is 5.53. The third kappa shape index (κ3) is 1.54. The number of rotatable bonds is 2. The average molecular weight is 166 g/mol. The van der Waals surface area contributed by atoms with Crippen molar-refractivity contribution in [3.05, 3.63) is 0 Å². The Hall–Kier alpha value is 0.0249. The highest BCUT2D eigenvalue weighted by Gasteiger charge is 2.41. The van der Waals surface area contributed by atoms with Gasteiger partial charge in [0.15, 0.2) is 0 Å². The molecule has 2 atom stereocenters. The summed E-state index contributed by atoms with van der Waals surface area (Å²) in [5.74, 6) is 1.83. The average Bonchev–Trinajstić information content (AvgIpc) is 2.26. The molecule has 0 amide bonds. The molecule has 0 aliphatic carbocycles. The van der Waals surface area contributed by atoms with E-state index in [1.54, 1.807) is 0 Å². The van der Waals surface area contributed by atoms with E-state index in [-0.39, 0.29) is 0 Å². The second kappa shape index (κ2) is 3.82. The molecular formula is C10H19BO. The fourth-order valence-corrected chi connectivity index (χ4v) is 3.04. The van der Waals surface area contributed by atoms with E-state index >= 15 is 0 Å². The molecule has 2 rings (SSSR count). The van der Waals surface area contributed by atoms with Gasteiger partial charge in [-0.3, -0.25) is 0 Å². The maximum absolute atomic E-state index is 5.85. The van der Waals surface area contributed by atoms with Gasteiger partial charge in [0, 0.05) is 6.61 Å². The van der Waals surface area contributed by atoms with Gasteiger partial charge >= 0.3 is 0 Å². The molecule has 2 heterocycles. The molecule has 2 saturated heterocycles. The molecule has 0 radical (unpaired) electrons. The highest BCUT2D eigenvalue weighted by atomic mass is 16.4. The highest BCUT2D eigenvalue weighted by Crippen LogP contribution is 2.47. The van der Waals surface area contributed by atoms with Gasteiger partial charge in [-0.15, -0.1) is 0 Å². The molecule has 1 nitrogen and oxygen atoms in total. The van der Waals surface area contributed by atoms with Crippen molar-refractivity contribution in [3.63, 3.8) is 0 Å². The van der Waals surface area contributed by atoms with Crippen molar-refractivity contribution in [2.75, 3.05) is 6.61 Å². The Morgan fingerprint density at radius 3 is 2.17 bits per heavy atom. The summed E-state index contributed by atoms with van der Waals surface area (Å²) >= 11 is 0. The highest BCUT2D eigenvalue weighted by molar-refractivity contribution is 6.56. The lowest BCUT2D eigenvalue weighted by atomic mass is 9.51.